The molecule has 1 atom stereocenters. The van der Waals surface area contributed by atoms with Gasteiger partial charge in [0.15, 0.2) is 11.9 Å². The summed E-state index contributed by atoms with van der Waals surface area (Å²) in [6.07, 6.45) is -0.809. The van der Waals surface area contributed by atoms with Gasteiger partial charge in [-0.15, -0.1) is 0 Å². The van der Waals surface area contributed by atoms with E-state index in [0.717, 1.165) is 5.75 Å². The van der Waals surface area contributed by atoms with E-state index in [0.29, 0.717) is 29.4 Å². The zero-order valence-electron chi connectivity index (χ0n) is 16.2. The molecular formula is C19H25N3O5. The number of nitrogens with zero attached hydrogens (tertiary/aromatic N) is 1. The Morgan fingerprint density at radius 3 is 2.33 bits per heavy atom. The molecule has 27 heavy (non-hydrogen) atoms. The second kappa shape index (κ2) is 9.07. The van der Waals surface area contributed by atoms with Crippen LogP contribution in [0.25, 0.3) is 0 Å². The lowest BCUT2D eigenvalue weighted by Gasteiger charge is -2.15. The first kappa shape index (κ1) is 20.3. The monoisotopic (exact) mass is 375 g/mol. The van der Waals surface area contributed by atoms with Crippen molar-refractivity contribution < 1.29 is 23.6 Å². The molecule has 0 radical (unpaired) electrons. The van der Waals surface area contributed by atoms with E-state index in [2.05, 4.69) is 16.0 Å². The molecule has 1 aromatic heterocycles. The number of aromatic nitrogens is 1. The van der Waals surface area contributed by atoms with E-state index in [1.54, 1.807) is 38.1 Å². The first-order valence-electron chi connectivity index (χ1n) is 8.79. The molecule has 1 heterocycles. The Hall–Kier alpha value is -3.03. The molecule has 1 aromatic carbocycles. The zero-order chi connectivity index (χ0) is 20.0. The maximum absolute atomic E-state index is 12.4. The van der Waals surface area contributed by atoms with Gasteiger partial charge in [0.05, 0.1) is 12.3 Å². The number of carbonyl (C=O) groups is 2. The summed E-state index contributed by atoms with van der Waals surface area (Å²) in [6, 6.07) is 6.94. The Labute approximate surface area is 158 Å². The molecule has 0 spiro atoms. The highest BCUT2D eigenvalue weighted by atomic mass is 16.5. The van der Waals surface area contributed by atoms with Crippen LogP contribution in [0.5, 0.6) is 11.5 Å². The van der Waals surface area contributed by atoms with E-state index < -0.39 is 17.9 Å². The zero-order valence-corrected chi connectivity index (χ0v) is 16.2. The Morgan fingerprint density at radius 2 is 1.74 bits per heavy atom. The van der Waals surface area contributed by atoms with E-state index in [-0.39, 0.29) is 5.92 Å². The molecule has 0 fully saturated rings. The molecule has 146 valence electrons. The average molecular weight is 375 g/mol. The Balaban J connectivity index is 1.91. The van der Waals surface area contributed by atoms with Crippen LogP contribution in [-0.2, 0) is 4.79 Å². The number of hydrazine groups is 1. The molecule has 0 saturated carbocycles. The maximum atomic E-state index is 12.4. The second-order valence-electron chi connectivity index (χ2n) is 6.27. The Bertz CT molecular complexity index is 783. The van der Waals surface area contributed by atoms with Gasteiger partial charge < -0.3 is 14.0 Å². The van der Waals surface area contributed by atoms with E-state index in [9.17, 15) is 9.59 Å². The first-order valence-corrected chi connectivity index (χ1v) is 8.79. The van der Waals surface area contributed by atoms with Gasteiger partial charge in [0.2, 0.25) is 0 Å². The molecule has 2 amide bonds. The number of hydrogen-bond acceptors (Lipinski definition) is 6. The summed E-state index contributed by atoms with van der Waals surface area (Å²) in [5.41, 5.74) is 5.52. The van der Waals surface area contributed by atoms with Crippen molar-refractivity contribution in [1.29, 1.82) is 0 Å². The standard InChI is InChI=1S/C19H25N3O5/c1-6-25-14-7-9-15(10-8-14)26-13(5)18(23)20-21-19(24)16-12(4)22-27-17(16)11(2)3/h7-11,13H,6H2,1-5H3,(H,20,23)(H,21,24)/t13-/m0/s1. The number of amides is 2. The highest BCUT2D eigenvalue weighted by Crippen LogP contribution is 2.22. The third-order valence-electron chi connectivity index (χ3n) is 3.76. The lowest BCUT2D eigenvalue weighted by atomic mass is 10.1. The largest absolute Gasteiger partial charge is 0.494 e. The summed E-state index contributed by atoms with van der Waals surface area (Å²) in [7, 11) is 0. The van der Waals surface area contributed by atoms with Crippen molar-refractivity contribution in [3.05, 3.63) is 41.3 Å². The van der Waals surface area contributed by atoms with Crippen LogP contribution < -0.4 is 20.3 Å². The van der Waals surface area contributed by atoms with Gasteiger partial charge >= 0.3 is 0 Å². The average Bonchev–Trinajstić information content (AvgIpc) is 3.03. The normalized spacial score (nSPS) is 11.8. The van der Waals surface area contributed by atoms with Crippen molar-refractivity contribution in [2.45, 2.75) is 46.6 Å². The Kier molecular flexibility index (Phi) is 6.81. The van der Waals surface area contributed by atoms with Crippen LogP contribution in [0, 0.1) is 6.92 Å². The fraction of sp³-hybridized carbons (Fsp3) is 0.421. The van der Waals surface area contributed by atoms with E-state index in [4.69, 9.17) is 14.0 Å². The summed E-state index contributed by atoms with van der Waals surface area (Å²) in [4.78, 5) is 24.5. The van der Waals surface area contributed by atoms with Crippen molar-refractivity contribution in [1.82, 2.24) is 16.0 Å². The van der Waals surface area contributed by atoms with Crippen LogP contribution in [0.1, 0.15) is 55.4 Å². The number of carbonyl (C=O) groups excluding carboxylic acids is 2. The summed E-state index contributed by atoms with van der Waals surface area (Å²) < 4.78 is 16.1. The molecule has 2 rings (SSSR count). The van der Waals surface area contributed by atoms with Gasteiger partial charge in [0.1, 0.15) is 17.1 Å². The predicted octanol–water partition coefficient (Wildman–Crippen LogP) is 2.73. The third kappa shape index (κ3) is 5.22. The minimum Gasteiger partial charge on any atom is -0.494 e. The summed E-state index contributed by atoms with van der Waals surface area (Å²) in [6.45, 7) is 9.51. The van der Waals surface area contributed by atoms with Gasteiger partial charge in [0.25, 0.3) is 11.8 Å². The smallest absolute Gasteiger partial charge is 0.279 e. The first-order chi connectivity index (χ1) is 12.8. The minimum atomic E-state index is -0.809. The summed E-state index contributed by atoms with van der Waals surface area (Å²) in [5.74, 6) is 0.725. The van der Waals surface area contributed by atoms with Gasteiger partial charge in [-0.2, -0.15) is 0 Å². The van der Waals surface area contributed by atoms with Crippen molar-refractivity contribution in [3.8, 4) is 11.5 Å². The van der Waals surface area contributed by atoms with E-state index >= 15 is 0 Å². The van der Waals surface area contributed by atoms with E-state index in [1.807, 2.05) is 20.8 Å². The molecule has 0 saturated heterocycles. The molecule has 8 nitrogen and oxygen atoms in total. The highest BCUT2D eigenvalue weighted by molar-refractivity contribution is 5.97. The molecule has 2 N–H and O–H groups in total. The number of benzene rings is 1. The molecule has 0 unspecified atom stereocenters. The second-order valence-corrected chi connectivity index (χ2v) is 6.27. The summed E-state index contributed by atoms with van der Waals surface area (Å²) in [5, 5.41) is 3.81. The van der Waals surface area contributed by atoms with Gasteiger partial charge in [-0.3, -0.25) is 20.4 Å². The topological polar surface area (TPSA) is 103 Å². The van der Waals surface area contributed by atoms with Gasteiger partial charge in [0, 0.05) is 5.92 Å². The number of ether oxygens (including phenoxy) is 2. The molecule has 8 heteroatoms. The van der Waals surface area contributed by atoms with Crippen LogP contribution in [0.2, 0.25) is 0 Å². The molecule has 0 bridgehead atoms. The predicted molar refractivity (Wildman–Crippen MR) is 98.6 cm³/mol. The van der Waals surface area contributed by atoms with Crippen LogP contribution in [0.15, 0.2) is 28.8 Å². The Morgan fingerprint density at radius 1 is 1.11 bits per heavy atom. The van der Waals surface area contributed by atoms with Crippen molar-refractivity contribution in [2.24, 2.45) is 0 Å². The molecule has 0 aliphatic heterocycles. The van der Waals surface area contributed by atoms with Crippen LogP contribution in [-0.4, -0.2) is 29.7 Å². The van der Waals surface area contributed by atoms with Crippen LogP contribution >= 0.6 is 0 Å². The number of aryl methyl sites for hydroxylation is 1. The highest BCUT2D eigenvalue weighted by Gasteiger charge is 2.23. The van der Waals surface area contributed by atoms with Crippen molar-refractivity contribution in [2.75, 3.05) is 6.61 Å². The quantitative estimate of drug-likeness (QED) is 0.722. The van der Waals surface area contributed by atoms with Crippen molar-refractivity contribution >= 4 is 11.8 Å². The summed E-state index contributed by atoms with van der Waals surface area (Å²) >= 11 is 0. The van der Waals surface area contributed by atoms with Gasteiger partial charge in [-0.05, 0) is 45.0 Å². The SMILES string of the molecule is CCOc1ccc(O[C@@H](C)C(=O)NNC(=O)c2c(C)noc2C(C)C)cc1. The molecular weight excluding hydrogens is 350 g/mol. The van der Waals surface area contributed by atoms with E-state index in [1.165, 1.54) is 0 Å². The molecule has 0 aliphatic carbocycles. The molecule has 0 aliphatic rings. The number of rotatable bonds is 7. The minimum absolute atomic E-state index is 0.00966. The third-order valence-corrected chi connectivity index (χ3v) is 3.76. The van der Waals surface area contributed by atoms with Crippen LogP contribution in [0.3, 0.4) is 0 Å². The number of hydrogen-bond donors (Lipinski definition) is 2. The van der Waals surface area contributed by atoms with Gasteiger partial charge in [-0.1, -0.05) is 19.0 Å². The lowest BCUT2D eigenvalue weighted by molar-refractivity contribution is -0.128. The number of nitrogens with one attached hydrogen (secondary N) is 2. The molecule has 2 aromatic rings. The van der Waals surface area contributed by atoms with Crippen molar-refractivity contribution in [3.63, 3.8) is 0 Å². The maximum Gasteiger partial charge on any atom is 0.279 e. The van der Waals surface area contributed by atoms with Crippen LogP contribution in [0.4, 0.5) is 0 Å². The fourth-order valence-electron chi connectivity index (χ4n) is 2.38. The fourth-order valence-corrected chi connectivity index (χ4v) is 2.38. The lowest BCUT2D eigenvalue weighted by Crippen LogP contribution is -2.47. The van der Waals surface area contributed by atoms with Gasteiger partial charge in [-0.25, -0.2) is 0 Å².